The van der Waals surface area contributed by atoms with Crippen molar-refractivity contribution in [2.75, 3.05) is 0 Å². The lowest BCUT2D eigenvalue weighted by molar-refractivity contribution is 0.111. The molecule has 0 amide bonds. The van der Waals surface area contributed by atoms with Crippen molar-refractivity contribution >= 4 is 17.9 Å². The Morgan fingerprint density at radius 2 is 2.04 bits per heavy atom. The van der Waals surface area contributed by atoms with Gasteiger partial charge >= 0.3 is 0 Å². The molecule has 5 nitrogen and oxygen atoms in total. The fraction of sp³-hybridized carbons (Fsp3) is 0.222. The molecule has 0 atom stereocenters. The van der Waals surface area contributed by atoms with Gasteiger partial charge in [0.15, 0.2) is 12.1 Å². The summed E-state index contributed by atoms with van der Waals surface area (Å²) in [6.07, 6.45) is 4.71. The number of benzene rings is 1. The van der Waals surface area contributed by atoms with E-state index in [1.807, 2.05) is 35.9 Å². The maximum absolute atomic E-state index is 11.3. The molecule has 4 rings (SSSR count). The number of halogens is 1. The molecular formula is C18H15ClN4O. The molecule has 2 heterocycles. The van der Waals surface area contributed by atoms with Crippen molar-refractivity contribution in [1.82, 2.24) is 19.7 Å². The first-order valence-electron chi connectivity index (χ1n) is 7.77. The first-order valence-corrected chi connectivity index (χ1v) is 8.15. The Labute approximate surface area is 144 Å². The Morgan fingerprint density at radius 1 is 1.21 bits per heavy atom. The van der Waals surface area contributed by atoms with Crippen LogP contribution in [0.3, 0.4) is 0 Å². The first kappa shape index (κ1) is 15.0. The second-order valence-electron chi connectivity index (χ2n) is 6.05. The zero-order valence-corrected chi connectivity index (χ0v) is 13.9. The molecule has 120 valence electrons. The molecule has 1 fully saturated rings. The minimum Gasteiger partial charge on any atom is -0.317 e. The molecule has 2 aromatic heterocycles. The highest BCUT2D eigenvalue weighted by Crippen LogP contribution is 2.41. The summed E-state index contributed by atoms with van der Waals surface area (Å²) < 4.78 is 1.85. The lowest BCUT2D eigenvalue weighted by Gasteiger charge is -2.12. The van der Waals surface area contributed by atoms with Crippen LogP contribution < -0.4 is 0 Å². The van der Waals surface area contributed by atoms with Gasteiger partial charge in [-0.2, -0.15) is 0 Å². The number of carbonyl (C=O) groups excluding carboxylic acids is 1. The van der Waals surface area contributed by atoms with Crippen LogP contribution in [0.4, 0.5) is 0 Å². The molecule has 0 unspecified atom stereocenters. The Bertz CT molecular complexity index is 931. The van der Waals surface area contributed by atoms with Crippen LogP contribution in [0, 0.1) is 0 Å². The van der Waals surface area contributed by atoms with Crippen molar-refractivity contribution < 1.29 is 4.79 Å². The van der Waals surface area contributed by atoms with Crippen LogP contribution in [0.2, 0.25) is 5.02 Å². The van der Waals surface area contributed by atoms with Gasteiger partial charge in [0, 0.05) is 29.2 Å². The minimum atomic E-state index is 0.452. The quantitative estimate of drug-likeness (QED) is 0.677. The smallest absolute Gasteiger partial charge is 0.168 e. The summed E-state index contributed by atoms with van der Waals surface area (Å²) in [4.78, 5) is 15.7. The van der Waals surface area contributed by atoms with Gasteiger partial charge in [-0.05, 0) is 48.2 Å². The largest absolute Gasteiger partial charge is 0.317 e. The van der Waals surface area contributed by atoms with Crippen LogP contribution >= 0.6 is 11.6 Å². The Balaban J connectivity index is 1.92. The molecule has 24 heavy (non-hydrogen) atoms. The summed E-state index contributed by atoms with van der Waals surface area (Å²) >= 11 is 6.20. The lowest BCUT2D eigenvalue weighted by Crippen LogP contribution is -1.98. The van der Waals surface area contributed by atoms with Crippen LogP contribution in [0.25, 0.3) is 22.5 Å². The molecule has 0 radical (unpaired) electrons. The zero-order valence-electron chi connectivity index (χ0n) is 13.1. The first-order chi connectivity index (χ1) is 11.7. The SMILES string of the molecule is Cn1cnnc1-c1cc(Cl)ccc1-c1cc(C=O)nc(C2CC2)c1. The van der Waals surface area contributed by atoms with Crippen molar-refractivity contribution in [3.8, 4) is 22.5 Å². The predicted molar refractivity (Wildman–Crippen MR) is 92.0 cm³/mol. The van der Waals surface area contributed by atoms with E-state index < -0.39 is 0 Å². The molecule has 0 spiro atoms. The molecular weight excluding hydrogens is 324 g/mol. The minimum absolute atomic E-state index is 0.452. The summed E-state index contributed by atoms with van der Waals surface area (Å²) in [6.45, 7) is 0. The maximum atomic E-state index is 11.3. The van der Waals surface area contributed by atoms with Gasteiger partial charge in [-0.1, -0.05) is 17.7 Å². The third-order valence-corrected chi connectivity index (χ3v) is 4.46. The molecule has 6 heteroatoms. The van der Waals surface area contributed by atoms with E-state index in [-0.39, 0.29) is 0 Å². The van der Waals surface area contributed by atoms with E-state index in [2.05, 4.69) is 21.2 Å². The summed E-state index contributed by atoms with van der Waals surface area (Å²) in [5.74, 6) is 1.19. The third kappa shape index (κ3) is 2.71. The van der Waals surface area contributed by atoms with Crippen molar-refractivity contribution in [2.45, 2.75) is 18.8 Å². The average Bonchev–Trinajstić information content (AvgIpc) is 3.36. The van der Waals surface area contributed by atoms with Gasteiger partial charge in [0.2, 0.25) is 0 Å². The third-order valence-electron chi connectivity index (χ3n) is 4.23. The Morgan fingerprint density at radius 3 is 2.71 bits per heavy atom. The molecule has 1 aromatic carbocycles. The second-order valence-corrected chi connectivity index (χ2v) is 6.49. The number of hydrogen-bond donors (Lipinski definition) is 0. The van der Waals surface area contributed by atoms with Crippen molar-refractivity contribution in [3.63, 3.8) is 0 Å². The summed E-state index contributed by atoms with van der Waals surface area (Å²) in [6, 6.07) is 9.54. The molecule has 0 bridgehead atoms. The van der Waals surface area contributed by atoms with E-state index in [0.29, 0.717) is 16.6 Å². The predicted octanol–water partition coefficient (Wildman–Crippen LogP) is 3.89. The monoisotopic (exact) mass is 338 g/mol. The number of aryl methyl sites for hydroxylation is 1. The van der Waals surface area contributed by atoms with Crippen LogP contribution in [-0.4, -0.2) is 26.0 Å². The fourth-order valence-electron chi connectivity index (χ4n) is 2.86. The maximum Gasteiger partial charge on any atom is 0.168 e. The van der Waals surface area contributed by atoms with Gasteiger partial charge in [0.05, 0.1) is 0 Å². The summed E-state index contributed by atoms with van der Waals surface area (Å²) in [7, 11) is 1.89. The molecule has 1 saturated carbocycles. The van der Waals surface area contributed by atoms with E-state index in [1.54, 1.807) is 6.33 Å². The van der Waals surface area contributed by atoms with Gasteiger partial charge in [0.25, 0.3) is 0 Å². The number of carbonyl (C=O) groups is 1. The summed E-state index contributed by atoms with van der Waals surface area (Å²) in [5.41, 5.74) is 4.22. The van der Waals surface area contributed by atoms with E-state index in [1.165, 1.54) is 0 Å². The van der Waals surface area contributed by atoms with Gasteiger partial charge in [-0.3, -0.25) is 4.79 Å². The van der Waals surface area contributed by atoms with Gasteiger partial charge in [0.1, 0.15) is 12.0 Å². The molecule has 3 aromatic rings. The van der Waals surface area contributed by atoms with E-state index in [0.717, 1.165) is 47.3 Å². The highest BCUT2D eigenvalue weighted by molar-refractivity contribution is 6.31. The van der Waals surface area contributed by atoms with Crippen LogP contribution in [0.5, 0.6) is 0 Å². The molecule has 1 aliphatic carbocycles. The normalized spacial score (nSPS) is 13.9. The molecule has 0 aliphatic heterocycles. The zero-order chi connectivity index (χ0) is 16.7. The number of aromatic nitrogens is 4. The fourth-order valence-corrected chi connectivity index (χ4v) is 3.03. The number of nitrogens with zero attached hydrogens (tertiary/aromatic N) is 4. The highest BCUT2D eigenvalue weighted by atomic mass is 35.5. The molecule has 1 aliphatic rings. The lowest BCUT2D eigenvalue weighted by atomic mass is 9.98. The van der Waals surface area contributed by atoms with Crippen LogP contribution in [-0.2, 0) is 7.05 Å². The van der Waals surface area contributed by atoms with Crippen LogP contribution in [0.15, 0.2) is 36.7 Å². The molecule has 0 N–H and O–H groups in total. The van der Waals surface area contributed by atoms with Crippen LogP contribution in [0.1, 0.15) is 34.9 Å². The summed E-state index contributed by atoms with van der Waals surface area (Å²) in [5, 5.41) is 8.78. The standard InChI is InChI=1S/C18H15ClN4O/c1-23-10-20-22-18(23)16-8-13(19)4-5-15(16)12-6-14(9-24)21-17(7-12)11-2-3-11/h4-11H,2-3H2,1H3. The van der Waals surface area contributed by atoms with Gasteiger partial charge < -0.3 is 4.57 Å². The number of rotatable bonds is 4. The van der Waals surface area contributed by atoms with Gasteiger partial charge in [-0.25, -0.2) is 4.98 Å². The number of pyridine rings is 1. The topological polar surface area (TPSA) is 60.7 Å². The van der Waals surface area contributed by atoms with Crippen molar-refractivity contribution in [3.05, 3.63) is 53.1 Å². The Hall–Kier alpha value is -2.53. The highest BCUT2D eigenvalue weighted by Gasteiger charge is 2.26. The second kappa shape index (κ2) is 5.83. The molecule has 0 saturated heterocycles. The average molecular weight is 339 g/mol. The van der Waals surface area contributed by atoms with E-state index >= 15 is 0 Å². The Kier molecular flexibility index (Phi) is 3.65. The van der Waals surface area contributed by atoms with Crippen molar-refractivity contribution in [2.24, 2.45) is 7.05 Å². The van der Waals surface area contributed by atoms with Crippen molar-refractivity contribution in [1.29, 1.82) is 0 Å². The number of aldehydes is 1. The van der Waals surface area contributed by atoms with E-state index in [9.17, 15) is 4.79 Å². The van der Waals surface area contributed by atoms with E-state index in [4.69, 9.17) is 11.6 Å². The number of hydrogen-bond acceptors (Lipinski definition) is 4. The van der Waals surface area contributed by atoms with Gasteiger partial charge in [-0.15, -0.1) is 10.2 Å².